The van der Waals surface area contributed by atoms with Crippen LogP contribution in [0.1, 0.15) is 36.2 Å². The van der Waals surface area contributed by atoms with Crippen molar-refractivity contribution in [3.63, 3.8) is 0 Å². The lowest BCUT2D eigenvalue weighted by molar-refractivity contribution is -0.132. The molecule has 0 saturated carbocycles. The van der Waals surface area contributed by atoms with E-state index in [9.17, 15) is 9.59 Å². The summed E-state index contributed by atoms with van der Waals surface area (Å²) in [5.74, 6) is 0.728. The summed E-state index contributed by atoms with van der Waals surface area (Å²) < 4.78 is 6.75. The Labute approximate surface area is 167 Å². The van der Waals surface area contributed by atoms with E-state index in [2.05, 4.69) is 11.9 Å². The van der Waals surface area contributed by atoms with Crippen LogP contribution in [0.4, 0.5) is 0 Å². The van der Waals surface area contributed by atoms with Gasteiger partial charge in [0.15, 0.2) is 0 Å². The van der Waals surface area contributed by atoms with Crippen molar-refractivity contribution in [3.05, 3.63) is 57.5 Å². The van der Waals surface area contributed by atoms with Crippen LogP contribution in [0.25, 0.3) is 10.2 Å². The van der Waals surface area contributed by atoms with E-state index in [-0.39, 0.29) is 24.1 Å². The predicted molar refractivity (Wildman–Crippen MR) is 110 cm³/mol. The molecule has 1 saturated heterocycles. The monoisotopic (exact) mass is 397 g/mol. The molecule has 2 aromatic heterocycles. The molecule has 7 heteroatoms. The van der Waals surface area contributed by atoms with Crippen molar-refractivity contribution in [3.8, 4) is 5.75 Å². The summed E-state index contributed by atoms with van der Waals surface area (Å²) in [4.78, 5) is 33.9. The summed E-state index contributed by atoms with van der Waals surface area (Å²) in [5, 5.41) is 0.600. The number of thiophene rings is 1. The molecule has 1 unspecified atom stereocenters. The Kier molecular flexibility index (Phi) is 5.17. The van der Waals surface area contributed by atoms with Gasteiger partial charge in [-0.1, -0.05) is 19.1 Å². The SMILES string of the molecule is CCc1cc2c(=O)n(CC(=O)N3CCCC3c3cccc(OC)c3)cnc2s1. The number of methoxy groups -OCH3 is 1. The van der Waals surface area contributed by atoms with Crippen molar-refractivity contribution in [2.75, 3.05) is 13.7 Å². The van der Waals surface area contributed by atoms with Crippen molar-refractivity contribution < 1.29 is 9.53 Å². The average molecular weight is 398 g/mol. The molecule has 1 aliphatic heterocycles. The van der Waals surface area contributed by atoms with Crippen LogP contribution in [0.3, 0.4) is 0 Å². The molecule has 1 fully saturated rings. The lowest BCUT2D eigenvalue weighted by Gasteiger charge is -2.25. The molecule has 0 N–H and O–H groups in total. The molecule has 1 atom stereocenters. The summed E-state index contributed by atoms with van der Waals surface area (Å²) in [6.07, 6.45) is 4.23. The zero-order chi connectivity index (χ0) is 19.7. The number of nitrogens with zero attached hydrogens (tertiary/aromatic N) is 3. The number of hydrogen-bond acceptors (Lipinski definition) is 5. The summed E-state index contributed by atoms with van der Waals surface area (Å²) >= 11 is 1.53. The number of carbonyl (C=O) groups excluding carboxylic acids is 1. The fourth-order valence-corrected chi connectivity index (χ4v) is 4.72. The first kappa shape index (κ1) is 18.7. The van der Waals surface area contributed by atoms with Crippen molar-refractivity contribution in [2.24, 2.45) is 0 Å². The van der Waals surface area contributed by atoms with Gasteiger partial charge in [-0.25, -0.2) is 4.98 Å². The fourth-order valence-electron chi connectivity index (χ4n) is 3.79. The molecule has 28 heavy (non-hydrogen) atoms. The van der Waals surface area contributed by atoms with Gasteiger partial charge in [0.05, 0.1) is 24.9 Å². The van der Waals surface area contributed by atoms with Crippen molar-refractivity contribution in [2.45, 2.75) is 38.8 Å². The van der Waals surface area contributed by atoms with Gasteiger partial charge in [0.25, 0.3) is 5.56 Å². The minimum absolute atomic E-state index is 0.0134. The van der Waals surface area contributed by atoms with Crippen molar-refractivity contribution in [1.29, 1.82) is 0 Å². The van der Waals surface area contributed by atoms with E-state index in [1.54, 1.807) is 7.11 Å². The van der Waals surface area contributed by atoms with Gasteiger partial charge in [-0.3, -0.25) is 14.2 Å². The number of aryl methyl sites for hydroxylation is 1. The average Bonchev–Trinajstić information content (AvgIpc) is 3.37. The first-order valence-corrected chi connectivity index (χ1v) is 10.3. The third-order valence-corrected chi connectivity index (χ3v) is 6.46. The van der Waals surface area contributed by atoms with E-state index in [1.807, 2.05) is 35.2 Å². The summed E-state index contributed by atoms with van der Waals surface area (Å²) in [6, 6.07) is 9.76. The lowest BCUT2D eigenvalue weighted by atomic mass is 10.0. The predicted octanol–water partition coefficient (Wildman–Crippen LogP) is 3.39. The van der Waals surface area contributed by atoms with Gasteiger partial charge in [-0.15, -0.1) is 11.3 Å². The van der Waals surface area contributed by atoms with Crippen LogP contribution in [0, 0.1) is 0 Å². The Hall–Kier alpha value is -2.67. The molecule has 1 aliphatic rings. The van der Waals surface area contributed by atoms with Crippen LogP contribution in [-0.4, -0.2) is 34.0 Å². The molecule has 3 heterocycles. The van der Waals surface area contributed by atoms with E-state index < -0.39 is 0 Å². The Morgan fingerprint density at radius 3 is 3.00 bits per heavy atom. The maximum atomic E-state index is 13.0. The second kappa shape index (κ2) is 7.75. The van der Waals surface area contributed by atoms with Crippen LogP contribution in [-0.2, 0) is 17.8 Å². The summed E-state index contributed by atoms with van der Waals surface area (Å²) in [7, 11) is 1.64. The largest absolute Gasteiger partial charge is 0.497 e. The van der Waals surface area contributed by atoms with Gasteiger partial charge in [0.2, 0.25) is 5.91 Å². The quantitative estimate of drug-likeness (QED) is 0.662. The molecule has 0 bridgehead atoms. The minimum Gasteiger partial charge on any atom is -0.497 e. The maximum Gasteiger partial charge on any atom is 0.262 e. The van der Waals surface area contributed by atoms with Crippen molar-refractivity contribution >= 4 is 27.5 Å². The van der Waals surface area contributed by atoms with Crippen molar-refractivity contribution in [1.82, 2.24) is 14.5 Å². The number of amides is 1. The van der Waals surface area contributed by atoms with Crippen LogP contribution < -0.4 is 10.3 Å². The topological polar surface area (TPSA) is 64.4 Å². The zero-order valence-electron chi connectivity index (χ0n) is 16.1. The molecule has 0 aliphatic carbocycles. The van der Waals surface area contributed by atoms with Gasteiger partial charge in [0.1, 0.15) is 17.1 Å². The third-order valence-electron chi connectivity index (χ3n) is 5.27. The summed E-state index contributed by atoms with van der Waals surface area (Å²) in [6.45, 7) is 2.77. The Morgan fingerprint density at radius 1 is 1.36 bits per heavy atom. The Morgan fingerprint density at radius 2 is 2.21 bits per heavy atom. The molecule has 6 nitrogen and oxygen atoms in total. The first-order valence-electron chi connectivity index (χ1n) is 9.52. The van der Waals surface area contributed by atoms with Crippen LogP contribution >= 0.6 is 11.3 Å². The van der Waals surface area contributed by atoms with Gasteiger partial charge < -0.3 is 9.64 Å². The smallest absolute Gasteiger partial charge is 0.262 e. The number of fused-ring (bicyclic) bond motifs is 1. The number of likely N-dealkylation sites (tertiary alicyclic amines) is 1. The van der Waals surface area contributed by atoms with E-state index in [0.717, 1.165) is 40.3 Å². The van der Waals surface area contributed by atoms with Gasteiger partial charge in [-0.05, 0) is 43.0 Å². The number of ether oxygens (including phenoxy) is 1. The van der Waals surface area contributed by atoms with Crippen LogP contribution in [0.5, 0.6) is 5.75 Å². The number of hydrogen-bond donors (Lipinski definition) is 0. The van der Waals surface area contributed by atoms with Gasteiger partial charge in [0, 0.05) is 11.4 Å². The highest BCUT2D eigenvalue weighted by Crippen LogP contribution is 2.33. The van der Waals surface area contributed by atoms with Gasteiger partial charge >= 0.3 is 0 Å². The molecule has 146 valence electrons. The number of benzene rings is 1. The number of rotatable bonds is 5. The molecule has 1 amide bonds. The molecular formula is C21H23N3O3S. The van der Waals surface area contributed by atoms with Gasteiger partial charge in [-0.2, -0.15) is 0 Å². The number of aromatic nitrogens is 2. The first-order chi connectivity index (χ1) is 13.6. The second-order valence-electron chi connectivity index (χ2n) is 6.98. The molecule has 4 rings (SSSR count). The Balaban J connectivity index is 1.58. The van der Waals surface area contributed by atoms with Crippen LogP contribution in [0.2, 0.25) is 0 Å². The van der Waals surface area contributed by atoms with E-state index in [1.165, 1.54) is 22.2 Å². The lowest BCUT2D eigenvalue weighted by Crippen LogP contribution is -2.36. The highest BCUT2D eigenvalue weighted by Gasteiger charge is 2.30. The normalized spacial score (nSPS) is 16.6. The second-order valence-corrected chi connectivity index (χ2v) is 8.10. The van der Waals surface area contributed by atoms with E-state index >= 15 is 0 Å². The van der Waals surface area contributed by atoms with Crippen LogP contribution in [0.15, 0.2) is 41.5 Å². The number of carbonyl (C=O) groups is 1. The summed E-state index contributed by atoms with van der Waals surface area (Å²) in [5.41, 5.74) is 0.919. The minimum atomic E-state index is -0.147. The molecule has 0 radical (unpaired) electrons. The van der Waals surface area contributed by atoms with E-state index in [4.69, 9.17) is 4.74 Å². The third kappa shape index (κ3) is 3.42. The standard InChI is InChI=1S/C21H23N3O3S/c1-3-16-11-17-20(28-16)22-13-23(21(17)26)12-19(25)24-9-5-8-18(24)14-6-4-7-15(10-14)27-2/h4,6-7,10-11,13,18H,3,5,8-9,12H2,1-2H3. The molecule has 3 aromatic rings. The fraction of sp³-hybridized carbons (Fsp3) is 0.381. The maximum absolute atomic E-state index is 13.0. The van der Waals surface area contributed by atoms with E-state index in [0.29, 0.717) is 11.9 Å². The molecule has 0 spiro atoms. The zero-order valence-corrected chi connectivity index (χ0v) is 16.9. The highest BCUT2D eigenvalue weighted by atomic mass is 32.1. The molecule has 1 aromatic carbocycles. The highest BCUT2D eigenvalue weighted by molar-refractivity contribution is 7.18. The Bertz CT molecular complexity index is 1070. The molecular weight excluding hydrogens is 374 g/mol.